The van der Waals surface area contributed by atoms with Crippen LogP contribution in [0, 0.1) is 5.82 Å². The zero-order chi connectivity index (χ0) is 15.4. The van der Waals surface area contributed by atoms with Gasteiger partial charge in [-0.2, -0.15) is 0 Å². The molecule has 0 aliphatic heterocycles. The van der Waals surface area contributed by atoms with Crippen LogP contribution in [0.1, 0.15) is 18.9 Å². The van der Waals surface area contributed by atoms with Gasteiger partial charge in [-0.05, 0) is 18.9 Å². The van der Waals surface area contributed by atoms with Gasteiger partial charge >= 0.3 is 0 Å². The quantitative estimate of drug-likeness (QED) is 0.639. The standard InChI is InChI=1S/C16H13Cl2FN3/c1-21-14-7-13(19)11(17)6-15(14)22(9-2-3-9)16(21)10-4-5-20-8-12(10)18/h4-9H,2-3H2,1H3/q+1. The highest BCUT2D eigenvalue weighted by Gasteiger charge is 2.37. The lowest BCUT2D eigenvalue weighted by Gasteiger charge is -2.03. The molecule has 0 saturated heterocycles. The first-order valence-electron chi connectivity index (χ1n) is 7.07. The molecule has 112 valence electrons. The third kappa shape index (κ3) is 2.02. The van der Waals surface area contributed by atoms with Crippen LogP contribution in [0.25, 0.3) is 22.4 Å². The number of halogens is 3. The lowest BCUT2D eigenvalue weighted by molar-refractivity contribution is -0.634. The van der Waals surface area contributed by atoms with E-state index >= 15 is 0 Å². The number of pyridine rings is 1. The summed E-state index contributed by atoms with van der Waals surface area (Å²) in [5, 5.41) is 0.717. The number of hydrogen-bond donors (Lipinski definition) is 0. The first-order chi connectivity index (χ1) is 10.6. The zero-order valence-electron chi connectivity index (χ0n) is 11.9. The number of imidazole rings is 1. The van der Waals surface area contributed by atoms with Crippen LogP contribution < -0.4 is 4.57 Å². The highest BCUT2D eigenvalue weighted by Crippen LogP contribution is 2.42. The summed E-state index contributed by atoms with van der Waals surface area (Å²) >= 11 is 12.3. The van der Waals surface area contributed by atoms with Gasteiger partial charge in [0.2, 0.25) is 0 Å². The van der Waals surface area contributed by atoms with Crippen LogP contribution >= 0.6 is 23.2 Å². The fraction of sp³-hybridized carbons (Fsp3) is 0.250. The molecule has 1 aliphatic carbocycles. The number of fused-ring (bicyclic) bond motifs is 1. The molecule has 0 amide bonds. The molecule has 1 saturated carbocycles. The van der Waals surface area contributed by atoms with E-state index in [1.807, 2.05) is 17.7 Å². The average molecular weight is 337 g/mol. The topological polar surface area (TPSA) is 21.7 Å². The van der Waals surface area contributed by atoms with Gasteiger partial charge in [-0.3, -0.25) is 4.98 Å². The number of rotatable bonds is 2. The number of benzene rings is 1. The smallest absolute Gasteiger partial charge is 0.263 e. The van der Waals surface area contributed by atoms with Crippen molar-refractivity contribution in [3.8, 4) is 11.4 Å². The molecule has 1 aliphatic rings. The summed E-state index contributed by atoms with van der Waals surface area (Å²) in [6.45, 7) is 0. The summed E-state index contributed by atoms with van der Waals surface area (Å²) < 4.78 is 18.1. The molecular weight excluding hydrogens is 324 g/mol. The predicted octanol–water partition coefficient (Wildman–Crippen LogP) is 4.31. The molecule has 0 atom stereocenters. The summed E-state index contributed by atoms with van der Waals surface area (Å²) in [5.41, 5.74) is 2.62. The Labute approximate surface area is 136 Å². The van der Waals surface area contributed by atoms with E-state index in [-0.39, 0.29) is 5.02 Å². The van der Waals surface area contributed by atoms with Crippen molar-refractivity contribution in [2.75, 3.05) is 0 Å². The van der Waals surface area contributed by atoms with Crippen molar-refractivity contribution in [1.29, 1.82) is 0 Å². The van der Waals surface area contributed by atoms with Crippen LogP contribution in [0.15, 0.2) is 30.6 Å². The van der Waals surface area contributed by atoms with E-state index in [0.717, 1.165) is 35.3 Å². The van der Waals surface area contributed by atoms with Crippen molar-refractivity contribution in [1.82, 2.24) is 9.55 Å². The number of aryl methyl sites for hydroxylation is 1. The van der Waals surface area contributed by atoms with E-state index in [1.165, 1.54) is 6.07 Å². The zero-order valence-corrected chi connectivity index (χ0v) is 13.4. The van der Waals surface area contributed by atoms with Crippen LogP contribution in [0.3, 0.4) is 0 Å². The number of nitrogens with zero attached hydrogens (tertiary/aromatic N) is 3. The maximum atomic E-state index is 13.9. The first-order valence-corrected chi connectivity index (χ1v) is 7.82. The minimum absolute atomic E-state index is 0.139. The molecule has 0 radical (unpaired) electrons. The summed E-state index contributed by atoms with van der Waals surface area (Å²) in [6.07, 6.45) is 5.55. The Morgan fingerprint density at radius 1 is 1.27 bits per heavy atom. The van der Waals surface area contributed by atoms with E-state index in [2.05, 4.69) is 9.55 Å². The van der Waals surface area contributed by atoms with Gasteiger partial charge in [0, 0.05) is 24.5 Å². The van der Waals surface area contributed by atoms with Crippen molar-refractivity contribution >= 4 is 34.2 Å². The Bertz CT molecular complexity index is 900. The molecule has 22 heavy (non-hydrogen) atoms. The van der Waals surface area contributed by atoms with Crippen LogP contribution in [-0.4, -0.2) is 9.55 Å². The summed E-state index contributed by atoms with van der Waals surface area (Å²) in [6, 6.07) is 5.47. The van der Waals surface area contributed by atoms with Gasteiger partial charge in [0.15, 0.2) is 11.0 Å². The monoisotopic (exact) mass is 336 g/mol. The van der Waals surface area contributed by atoms with Crippen molar-refractivity contribution in [2.45, 2.75) is 18.9 Å². The molecule has 2 heterocycles. The minimum Gasteiger partial charge on any atom is -0.263 e. The molecule has 1 aromatic carbocycles. The molecule has 4 rings (SSSR count). The maximum absolute atomic E-state index is 13.9. The second-order valence-electron chi connectivity index (χ2n) is 5.59. The number of aromatic nitrogens is 3. The van der Waals surface area contributed by atoms with Crippen LogP contribution in [0.4, 0.5) is 4.39 Å². The van der Waals surface area contributed by atoms with Crippen LogP contribution in [0.5, 0.6) is 0 Å². The van der Waals surface area contributed by atoms with Crippen molar-refractivity contribution in [3.63, 3.8) is 0 Å². The molecule has 0 N–H and O–H groups in total. The predicted molar refractivity (Wildman–Crippen MR) is 84.6 cm³/mol. The average Bonchev–Trinajstić information content (AvgIpc) is 3.29. The molecule has 6 heteroatoms. The molecule has 3 nitrogen and oxygen atoms in total. The second kappa shape index (κ2) is 4.93. The second-order valence-corrected chi connectivity index (χ2v) is 6.41. The Hall–Kier alpha value is -1.65. The van der Waals surface area contributed by atoms with Gasteiger partial charge in [-0.1, -0.05) is 23.2 Å². The van der Waals surface area contributed by atoms with Gasteiger partial charge in [0.05, 0.1) is 22.7 Å². The van der Waals surface area contributed by atoms with Gasteiger partial charge < -0.3 is 0 Å². The Balaban J connectivity index is 2.12. The summed E-state index contributed by atoms with van der Waals surface area (Å²) in [7, 11) is 1.92. The van der Waals surface area contributed by atoms with Crippen molar-refractivity contribution < 1.29 is 8.96 Å². The van der Waals surface area contributed by atoms with Crippen LogP contribution in [0.2, 0.25) is 10.0 Å². The molecule has 0 bridgehead atoms. The minimum atomic E-state index is -0.412. The largest absolute Gasteiger partial charge is 0.291 e. The molecule has 1 fully saturated rings. The summed E-state index contributed by atoms with van der Waals surface area (Å²) in [5.74, 6) is 0.539. The lowest BCUT2D eigenvalue weighted by atomic mass is 10.2. The SMILES string of the molecule is C[n+]1c(-c2ccncc2Cl)n(C2CC2)c2cc(Cl)c(F)cc21. The van der Waals surface area contributed by atoms with Gasteiger partial charge in [-0.25, -0.2) is 13.5 Å². The summed E-state index contributed by atoms with van der Waals surface area (Å²) in [4.78, 5) is 4.04. The molecule has 0 spiro atoms. The molecular formula is C16H13Cl2FN3+. The fourth-order valence-electron chi connectivity index (χ4n) is 2.95. The van der Waals surface area contributed by atoms with E-state index < -0.39 is 5.82 Å². The van der Waals surface area contributed by atoms with Gasteiger partial charge in [0.1, 0.15) is 11.9 Å². The van der Waals surface area contributed by atoms with E-state index in [9.17, 15) is 4.39 Å². The maximum Gasteiger partial charge on any atom is 0.291 e. The van der Waals surface area contributed by atoms with E-state index in [4.69, 9.17) is 23.2 Å². The van der Waals surface area contributed by atoms with E-state index in [1.54, 1.807) is 18.5 Å². The third-order valence-electron chi connectivity index (χ3n) is 4.11. The van der Waals surface area contributed by atoms with E-state index in [0.29, 0.717) is 11.1 Å². The first kappa shape index (κ1) is 14.0. The lowest BCUT2D eigenvalue weighted by Crippen LogP contribution is -2.30. The highest BCUT2D eigenvalue weighted by atomic mass is 35.5. The molecule has 3 aromatic rings. The fourth-order valence-corrected chi connectivity index (χ4v) is 3.31. The Morgan fingerprint density at radius 2 is 2.05 bits per heavy atom. The highest BCUT2D eigenvalue weighted by molar-refractivity contribution is 6.33. The van der Waals surface area contributed by atoms with Crippen molar-refractivity contribution in [2.24, 2.45) is 7.05 Å². The van der Waals surface area contributed by atoms with Crippen molar-refractivity contribution in [3.05, 3.63) is 46.5 Å². The van der Waals surface area contributed by atoms with Gasteiger partial charge in [-0.15, -0.1) is 0 Å². The Morgan fingerprint density at radius 3 is 2.73 bits per heavy atom. The molecule has 2 aromatic heterocycles. The number of hydrogen-bond acceptors (Lipinski definition) is 1. The Kier molecular flexibility index (Phi) is 3.13. The third-order valence-corrected chi connectivity index (χ3v) is 4.70. The van der Waals surface area contributed by atoms with Crippen LogP contribution in [-0.2, 0) is 7.05 Å². The molecule has 0 unspecified atom stereocenters. The normalized spacial score (nSPS) is 14.7. The van der Waals surface area contributed by atoms with Gasteiger partial charge in [0.25, 0.3) is 5.82 Å².